The molecule has 3 rings (SSSR count). The Bertz CT molecular complexity index is 862. The zero-order valence-electron chi connectivity index (χ0n) is 16.9. The molecule has 1 unspecified atom stereocenters. The number of anilines is 1. The molecule has 8 nitrogen and oxygen atoms in total. The van der Waals surface area contributed by atoms with Gasteiger partial charge in [0.1, 0.15) is 24.0 Å². The van der Waals surface area contributed by atoms with Gasteiger partial charge >= 0.3 is 0 Å². The van der Waals surface area contributed by atoms with Gasteiger partial charge < -0.3 is 15.4 Å². The Morgan fingerprint density at radius 3 is 3.00 bits per heavy atom. The summed E-state index contributed by atoms with van der Waals surface area (Å²) in [7, 11) is 0. The van der Waals surface area contributed by atoms with E-state index < -0.39 is 11.7 Å². The third-order valence-corrected chi connectivity index (χ3v) is 5.76. The van der Waals surface area contributed by atoms with E-state index in [1.165, 1.54) is 37.5 Å². The van der Waals surface area contributed by atoms with Gasteiger partial charge in [0.2, 0.25) is 10.9 Å². The third kappa shape index (κ3) is 6.82. The standard InChI is InChI=1S/C20H26FN5O3S/c1-14-5-2-3-9-26(14)10-8-22-17(27)12-29-13-18-24-25-20(30-18)19(28)23-16-7-4-6-15(21)11-16/h4,6-7,11,14H,2-3,5,8-10,12-13H2,1H3,(H,22,27)(H,23,28). The van der Waals surface area contributed by atoms with E-state index in [9.17, 15) is 14.0 Å². The fourth-order valence-corrected chi connectivity index (χ4v) is 3.94. The van der Waals surface area contributed by atoms with Crippen molar-refractivity contribution >= 4 is 28.8 Å². The number of aromatic nitrogens is 2. The van der Waals surface area contributed by atoms with E-state index >= 15 is 0 Å². The Balaban J connectivity index is 1.34. The number of carbonyl (C=O) groups is 2. The SMILES string of the molecule is CC1CCCCN1CCNC(=O)COCc1nnc(C(=O)Nc2cccc(F)c2)s1. The summed E-state index contributed by atoms with van der Waals surface area (Å²) in [6.07, 6.45) is 3.70. The van der Waals surface area contributed by atoms with Gasteiger partial charge in [-0.15, -0.1) is 10.2 Å². The van der Waals surface area contributed by atoms with Crippen LogP contribution in [-0.2, 0) is 16.1 Å². The predicted octanol–water partition coefficient (Wildman–Crippen LogP) is 2.44. The van der Waals surface area contributed by atoms with Crippen LogP contribution in [0.5, 0.6) is 0 Å². The molecule has 30 heavy (non-hydrogen) atoms. The minimum absolute atomic E-state index is 0.0834. The molecule has 1 aliphatic heterocycles. The number of hydrogen-bond donors (Lipinski definition) is 2. The Morgan fingerprint density at radius 2 is 2.20 bits per heavy atom. The molecule has 2 aromatic rings. The van der Waals surface area contributed by atoms with Gasteiger partial charge in [0.25, 0.3) is 5.91 Å². The van der Waals surface area contributed by atoms with Crippen LogP contribution in [0.1, 0.15) is 41.0 Å². The largest absolute Gasteiger partial charge is 0.364 e. The Labute approximate surface area is 178 Å². The zero-order chi connectivity index (χ0) is 21.3. The molecule has 0 aliphatic carbocycles. The van der Waals surface area contributed by atoms with Crippen LogP contribution in [-0.4, -0.2) is 59.2 Å². The van der Waals surface area contributed by atoms with Gasteiger partial charge in [0, 0.05) is 24.8 Å². The smallest absolute Gasteiger partial charge is 0.286 e. The number of nitrogens with one attached hydrogen (secondary N) is 2. The van der Waals surface area contributed by atoms with Gasteiger partial charge in [0.15, 0.2) is 0 Å². The maximum absolute atomic E-state index is 13.2. The molecule has 2 N–H and O–H groups in total. The molecular weight excluding hydrogens is 409 g/mol. The minimum atomic E-state index is -0.478. The van der Waals surface area contributed by atoms with Crippen LogP contribution >= 0.6 is 11.3 Å². The number of rotatable bonds is 9. The summed E-state index contributed by atoms with van der Waals surface area (Å²) < 4.78 is 18.6. The number of benzene rings is 1. The molecule has 0 saturated carbocycles. The van der Waals surface area contributed by atoms with E-state index in [4.69, 9.17) is 4.74 Å². The summed E-state index contributed by atoms with van der Waals surface area (Å²) >= 11 is 1.06. The molecule has 1 aromatic heterocycles. The first kappa shape index (κ1) is 22.3. The number of halogens is 1. The first-order valence-corrected chi connectivity index (χ1v) is 10.8. The van der Waals surface area contributed by atoms with E-state index in [-0.39, 0.29) is 24.1 Å². The monoisotopic (exact) mass is 435 g/mol. The summed E-state index contributed by atoms with van der Waals surface area (Å²) in [5.41, 5.74) is 0.337. The van der Waals surface area contributed by atoms with E-state index in [1.807, 2.05) is 0 Å². The number of hydrogen-bond acceptors (Lipinski definition) is 7. The first-order valence-electron chi connectivity index (χ1n) is 9.99. The van der Waals surface area contributed by atoms with E-state index in [1.54, 1.807) is 6.07 Å². The molecule has 2 heterocycles. The summed E-state index contributed by atoms with van der Waals surface area (Å²) in [5, 5.41) is 13.7. The molecule has 2 amide bonds. The van der Waals surface area contributed by atoms with Crippen LogP contribution in [0.2, 0.25) is 0 Å². The van der Waals surface area contributed by atoms with Crippen LogP contribution in [0.15, 0.2) is 24.3 Å². The molecule has 1 aromatic carbocycles. The second kappa shape index (κ2) is 11.1. The van der Waals surface area contributed by atoms with E-state index in [2.05, 4.69) is 32.7 Å². The van der Waals surface area contributed by atoms with Crippen LogP contribution in [0.3, 0.4) is 0 Å². The lowest BCUT2D eigenvalue weighted by molar-refractivity contribution is -0.126. The van der Waals surface area contributed by atoms with Crippen LogP contribution in [0, 0.1) is 5.82 Å². The molecule has 10 heteroatoms. The molecule has 0 spiro atoms. The van der Waals surface area contributed by atoms with Gasteiger partial charge in [-0.25, -0.2) is 4.39 Å². The summed E-state index contributed by atoms with van der Waals surface area (Å²) in [5.74, 6) is -1.11. The predicted molar refractivity (Wildman–Crippen MR) is 112 cm³/mol. The van der Waals surface area contributed by atoms with Crippen LogP contribution in [0.4, 0.5) is 10.1 Å². The van der Waals surface area contributed by atoms with Gasteiger partial charge in [-0.2, -0.15) is 0 Å². The van der Waals surface area contributed by atoms with Crippen molar-refractivity contribution in [1.29, 1.82) is 0 Å². The number of nitrogens with zero attached hydrogens (tertiary/aromatic N) is 3. The number of piperidine rings is 1. The fraction of sp³-hybridized carbons (Fsp3) is 0.500. The maximum Gasteiger partial charge on any atom is 0.286 e. The highest BCUT2D eigenvalue weighted by molar-refractivity contribution is 7.13. The van der Waals surface area contributed by atoms with E-state index in [0.29, 0.717) is 23.3 Å². The van der Waals surface area contributed by atoms with Crippen LogP contribution in [0.25, 0.3) is 0 Å². The molecule has 1 saturated heterocycles. The van der Waals surface area contributed by atoms with Gasteiger partial charge in [-0.05, 0) is 44.5 Å². The number of ether oxygens (including phenoxy) is 1. The van der Waals surface area contributed by atoms with Crippen molar-refractivity contribution in [3.63, 3.8) is 0 Å². The third-order valence-electron chi connectivity index (χ3n) is 4.86. The maximum atomic E-state index is 13.2. The van der Waals surface area contributed by atoms with E-state index in [0.717, 1.165) is 24.4 Å². The Hall–Kier alpha value is -2.43. The van der Waals surface area contributed by atoms with Crippen LogP contribution < -0.4 is 10.6 Å². The van der Waals surface area contributed by atoms with Crippen molar-refractivity contribution in [2.75, 3.05) is 31.6 Å². The Kier molecular flexibility index (Phi) is 8.23. The molecule has 0 bridgehead atoms. The molecule has 1 atom stereocenters. The highest BCUT2D eigenvalue weighted by Gasteiger charge is 2.18. The molecule has 0 radical (unpaired) electrons. The second-order valence-corrected chi connectivity index (χ2v) is 8.25. The fourth-order valence-electron chi connectivity index (χ4n) is 3.27. The average Bonchev–Trinajstić information content (AvgIpc) is 3.19. The normalized spacial score (nSPS) is 16.9. The lowest BCUT2D eigenvalue weighted by atomic mass is 10.0. The summed E-state index contributed by atoms with van der Waals surface area (Å²) in [6, 6.07) is 6.16. The number of likely N-dealkylation sites (tertiary alicyclic amines) is 1. The highest BCUT2D eigenvalue weighted by Crippen LogP contribution is 2.16. The topological polar surface area (TPSA) is 96.5 Å². The first-order chi connectivity index (χ1) is 14.5. The summed E-state index contributed by atoms with van der Waals surface area (Å²) in [4.78, 5) is 26.5. The Morgan fingerprint density at radius 1 is 1.33 bits per heavy atom. The lowest BCUT2D eigenvalue weighted by Crippen LogP contribution is -2.43. The van der Waals surface area contributed by atoms with Gasteiger partial charge in [-0.1, -0.05) is 23.8 Å². The number of amides is 2. The van der Waals surface area contributed by atoms with Crippen molar-refractivity contribution < 1.29 is 18.7 Å². The van der Waals surface area contributed by atoms with Crippen molar-refractivity contribution in [2.24, 2.45) is 0 Å². The average molecular weight is 436 g/mol. The zero-order valence-corrected chi connectivity index (χ0v) is 17.7. The molecule has 162 valence electrons. The summed E-state index contributed by atoms with van der Waals surface area (Å²) in [6.45, 7) is 4.74. The molecule has 1 fully saturated rings. The van der Waals surface area contributed by atoms with Crippen molar-refractivity contribution in [2.45, 2.75) is 38.8 Å². The molecule has 1 aliphatic rings. The second-order valence-electron chi connectivity index (χ2n) is 7.19. The van der Waals surface area contributed by atoms with Gasteiger partial charge in [-0.3, -0.25) is 14.5 Å². The van der Waals surface area contributed by atoms with Crippen molar-refractivity contribution in [3.05, 3.63) is 40.1 Å². The van der Waals surface area contributed by atoms with Crippen molar-refractivity contribution in [1.82, 2.24) is 20.4 Å². The van der Waals surface area contributed by atoms with Gasteiger partial charge in [0.05, 0.1) is 0 Å². The highest BCUT2D eigenvalue weighted by atomic mass is 32.1. The molecular formula is C20H26FN5O3S. The minimum Gasteiger partial charge on any atom is -0.364 e. The number of carbonyl (C=O) groups excluding carboxylic acids is 2. The lowest BCUT2D eigenvalue weighted by Gasteiger charge is -2.33. The quantitative estimate of drug-likeness (QED) is 0.628. The van der Waals surface area contributed by atoms with Crippen molar-refractivity contribution in [3.8, 4) is 0 Å².